The Bertz CT molecular complexity index is 862. The molecule has 6 heteroatoms. The SMILES string of the molecule is N#Cc1ccnc(CNC(=O)Cc2c[nH]c3ncccc23)c1. The molecule has 0 aliphatic heterocycles. The van der Waals surface area contributed by atoms with Crippen LogP contribution in [0.4, 0.5) is 0 Å². The van der Waals surface area contributed by atoms with Crippen LogP contribution < -0.4 is 5.32 Å². The average molecular weight is 291 g/mol. The van der Waals surface area contributed by atoms with Crippen molar-refractivity contribution in [1.29, 1.82) is 5.26 Å². The fraction of sp³-hybridized carbons (Fsp3) is 0.125. The van der Waals surface area contributed by atoms with Crippen molar-refractivity contribution >= 4 is 16.9 Å². The molecule has 0 bridgehead atoms. The number of hydrogen-bond acceptors (Lipinski definition) is 4. The van der Waals surface area contributed by atoms with Crippen molar-refractivity contribution in [2.45, 2.75) is 13.0 Å². The number of nitrogens with one attached hydrogen (secondary N) is 2. The molecule has 108 valence electrons. The predicted octanol–water partition coefficient (Wildman–Crippen LogP) is 1.69. The van der Waals surface area contributed by atoms with E-state index in [0.717, 1.165) is 16.6 Å². The minimum absolute atomic E-state index is 0.103. The van der Waals surface area contributed by atoms with E-state index in [1.807, 2.05) is 18.2 Å². The molecule has 0 saturated heterocycles. The Labute approximate surface area is 126 Å². The van der Waals surface area contributed by atoms with Gasteiger partial charge < -0.3 is 10.3 Å². The monoisotopic (exact) mass is 291 g/mol. The lowest BCUT2D eigenvalue weighted by Gasteiger charge is -2.04. The van der Waals surface area contributed by atoms with E-state index in [1.165, 1.54) is 0 Å². The van der Waals surface area contributed by atoms with E-state index < -0.39 is 0 Å². The normalized spacial score (nSPS) is 10.3. The number of pyridine rings is 2. The summed E-state index contributed by atoms with van der Waals surface area (Å²) in [5.41, 5.74) is 2.86. The molecule has 3 aromatic rings. The highest BCUT2D eigenvalue weighted by atomic mass is 16.1. The number of fused-ring (bicyclic) bond motifs is 1. The van der Waals surface area contributed by atoms with Gasteiger partial charge in [-0.3, -0.25) is 9.78 Å². The number of nitrogens with zero attached hydrogens (tertiary/aromatic N) is 3. The largest absolute Gasteiger partial charge is 0.350 e. The van der Waals surface area contributed by atoms with Crippen LogP contribution in [-0.4, -0.2) is 20.9 Å². The average Bonchev–Trinajstić information content (AvgIpc) is 2.96. The number of aromatic amines is 1. The Morgan fingerprint density at radius 3 is 3.09 bits per heavy atom. The van der Waals surface area contributed by atoms with Crippen molar-refractivity contribution in [1.82, 2.24) is 20.3 Å². The predicted molar refractivity (Wildman–Crippen MR) is 80.6 cm³/mol. The quantitative estimate of drug-likeness (QED) is 0.764. The molecule has 2 N–H and O–H groups in total. The summed E-state index contributed by atoms with van der Waals surface area (Å²) in [7, 11) is 0. The molecule has 3 rings (SSSR count). The van der Waals surface area contributed by atoms with Crippen LogP contribution in [0.3, 0.4) is 0 Å². The third-order valence-corrected chi connectivity index (χ3v) is 3.30. The molecule has 3 heterocycles. The van der Waals surface area contributed by atoms with Crippen LogP contribution in [0.5, 0.6) is 0 Å². The molecule has 0 unspecified atom stereocenters. The standard InChI is InChI=1S/C16H13N5O/c17-8-11-3-5-18-13(6-11)10-20-15(22)7-12-9-21-16-14(12)2-1-4-19-16/h1-6,9H,7,10H2,(H,19,21)(H,20,22). The third-order valence-electron chi connectivity index (χ3n) is 3.30. The topological polar surface area (TPSA) is 94.5 Å². The minimum Gasteiger partial charge on any atom is -0.350 e. The van der Waals surface area contributed by atoms with Gasteiger partial charge in [0.25, 0.3) is 0 Å². The van der Waals surface area contributed by atoms with E-state index in [-0.39, 0.29) is 12.3 Å². The van der Waals surface area contributed by atoms with Crippen molar-refractivity contribution in [3.63, 3.8) is 0 Å². The van der Waals surface area contributed by atoms with Gasteiger partial charge in [-0.05, 0) is 29.8 Å². The van der Waals surface area contributed by atoms with Crippen LogP contribution in [0.25, 0.3) is 11.0 Å². The van der Waals surface area contributed by atoms with Gasteiger partial charge in [-0.25, -0.2) is 4.98 Å². The first-order valence-electron chi connectivity index (χ1n) is 6.79. The minimum atomic E-state index is -0.103. The first-order chi connectivity index (χ1) is 10.8. The number of rotatable bonds is 4. The lowest BCUT2D eigenvalue weighted by atomic mass is 10.1. The number of nitriles is 1. The smallest absolute Gasteiger partial charge is 0.224 e. The van der Waals surface area contributed by atoms with E-state index in [2.05, 4.69) is 20.3 Å². The summed E-state index contributed by atoms with van der Waals surface area (Å²) in [6.07, 6.45) is 5.33. The summed E-state index contributed by atoms with van der Waals surface area (Å²) >= 11 is 0. The number of amides is 1. The van der Waals surface area contributed by atoms with E-state index in [4.69, 9.17) is 5.26 Å². The maximum Gasteiger partial charge on any atom is 0.224 e. The van der Waals surface area contributed by atoms with Crippen molar-refractivity contribution in [3.8, 4) is 6.07 Å². The van der Waals surface area contributed by atoms with Crippen LogP contribution in [-0.2, 0) is 17.8 Å². The maximum atomic E-state index is 12.0. The molecule has 3 aromatic heterocycles. The summed E-state index contributed by atoms with van der Waals surface area (Å²) in [6.45, 7) is 0.301. The highest BCUT2D eigenvalue weighted by molar-refractivity contribution is 5.86. The van der Waals surface area contributed by atoms with Gasteiger partial charge in [0.2, 0.25) is 5.91 Å². The molecule has 0 aliphatic rings. The Kier molecular flexibility index (Phi) is 3.79. The zero-order valence-corrected chi connectivity index (χ0v) is 11.7. The second kappa shape index (κ2) is 6.06. The van der Waals surface area contributed by atoms with Crippen LogP contribution in [0.15, 0.2) is 42.9 Å². The van der Waals surface area contributed by atoms with Crippen molar-refractivity contribution in [2.75, 3.05) is 0 Å². The zero-order chi connectivity index (χ0) is 15.4. The molecule has 6 nitrogen and oxygen atoms in total. The lowest BCUT2D eigenvalue weighted by Crippen LogP contribution is -2.24. The van der Waals surface area contributed by atoms with E-state index in [9.17, 15) is 4.79 Å². The Hall–Kier alpha value is -3.20. The molecule has 0 aliphatic carbocycles. The second-order valence-corrected chi connectivity index (χ2v) is 4.81. The van der Waals surface area contributed by atoms with E-state index in [1.54, 1.807) is 30.7 Å². The summed E-state index contributed by atoms with van der Waals surface area (Å²) in [6, 6.07) is 9.11. The van der Waals surface area contributed by atoms with Gasteiger partial charge in [-0.15, -0.1) is 0 Å². The molecular formula is C16H13N5O. The molecule has 0 saturated carbocycles. The van der Waals surface area contributed by atoms with Crippen LogP contribution >= 0.6 is 0 Å². The highest BCUT2D eigenvalue weighted by Crippen LogP contribution is 2.15. The molecule has 1 amide bonds. The zero-order valence-electron chi connectivity index (χ0n) is 11.7. The highest BCUT2D eigenvalue weighted by Gasteiger charge is 2.09. The fourth-order valence-electron chi connectivity index (χ4n) is 2.23. The molecule has 0 fully saturated rings. The molecule has 0 spiro atoms. The molecule has 22 heavy (non-hydrogen) atoms. The summed E-state index contributed by atoms with van der Waals surface area (Å²) < 4.78 is 0. The van der Waals surface area contributed by atoms with Gasteiger partial charge >= 0.3 is 0 Å². The number of carbonyl (C=O) groups is 1. The molecule has 0 radical (unpaired) electrons. The van der Waals surface area contributed by atoms with Crippen LogP contribution in [0, 0.1) is 11.3 Å². The lowest BCUT2D eigenvalue weighted by molar-refractivity contribution is -0.120. The van der Waals surface area contributed by atoms with Crippen molar-refractivity contribution < 1.29 is 4.79 Å². The first kappa shape index (κ1) is 13.8. The summed E-state index contributed by atoms with van der Waals surface area (Å²) in [4.78, 5) is 23.4. The molecule has 0 aromatic carbocycles. The number of H-pyrrole nitrogens is 1. The van der Waals surface area contributed by atoms with Crippen molar-refractivity contribution in [2.24, 2.45) is 0 Å². The van der Waals surface area contributed by atoms with Gasteiger partial charge in [-0.1, -0.05) is 0 Å². The second-order valence-electron chi connectivity index (χ2n) is 4.81. The van der Waals surface area contributed by atoms with Crippen LogP contribution in [0.1, 0.15) is 16.8 Å². The fourth-order valence-corrected chi connectivity index (χ4v) is 2.23. The Morgan fingerprint density at radius 1 is 1.32 bits per heavy atom. The van der Waals surface area contributed by atoms with E-state index in [0.29, 0.717) is 17.8 Å². The Morgan fingerprint density at radius 2 is 2.23 bits per heavy atom. The third kappa shape index (κ3) is 2.94. The van der Waals surface area contributed by atoms with Gasteiger partial charge in [0, 0.05) is 24.0 Å². The maximum absolute atomic E-state index is 12.0. The first-order valence-corrected chi connectivity index (χ1v) is 6.79. The van der Waals surface area contributed by atoms with Gasteiger partial charge in [-0.2, -0.15) is 5.26 Å². The number of carbonyl (C=O) groups excluding carboxylic acids is 1. The Balaban J connectivity index is 1.64. The van der Waals surface area contributed by atoms with Crippen LogP contribution in [0.2, 0.25) is 0 Å². The number of aromatic nitrogens is 3. The van der Waals surface area contributed by atoms with Crippen molar-refractivity contribution in [3.05, 3.63) is 59.7 Å². The van der Waals surface area contributed by atoms with E-state index >= 15 is 0 Å². The van der Waals surface area contributed by atoms with Gasteiger partial charge in [0.1, 0.15) is 5.65 Å². The molecule has 0 atom stereocenters. The number of hydrogen-bond donors (Lipinski definition) is 2. The van der Waals surface area contributed by atoms with Gasteiger partial charge in [0.15, 0.2) is 0 Å². The summed E-state index contributed by atoms with van der Waals surface area (Å²) in [5.74, 6) is -0.103. The summed E-state index contributed by atoms with van der Waals surface area (Å²) in [5, 5.41) is 12.6. The van der Waals surface area contributed by atoms with Gasteiger partial charge in [0.05, 0.1) is 30.3 Å². The molecular weight excluding hydrogens is 278 g/mol.